The van der Waals surface area contributed by atoms with Gasteiger partial charge in [0, 0.05) is 0 Å². The Balaban J connectivity index is 0. The molecule has 0 aromatic heterocycles. The van der Waals surface area contributed by atoms with Crippen molar-refractivity contribution in [2.45, 2.75) is 0 Å². The zero-order valence-corrected chi connectivity index (χ0v) is 2.25. The van der Waals surface area contributed by atoms with E-state index in [1.165, 1.54) is 5.34 Å². The SMILES string of the molecule is O=NO.[C-]#N. The average molecular weight is 73.0 g/mol. The molecule has 1 N–H and O–H groups in total. The first-order valence-electron chi connectivity index (χ1n) is 0.606. The zero-order chi connectivity index (χ0) is 4.71. The highest BCUT2D eigenvalue weighted by atomic mass is 16.6. The molecule has 0 rings (SSSR count). The lowest BCUT2D eigenvalue weighted by Gasteiger charge is -1.32. The largest absolute Gasteiger partial charge is 0.512 e. The molecule has 0 bridgehead atoms. The Morgan fingerprint density at radius 1 is 1.80 bits per heavy atom. The molecule has 0 aromatic rings. The number of nitrogens with zero attached hydrogens (tertiary/aromatic N) is 2. The third kappa shape index (κ3) is 1.86. The van der Waals surface area contributed by atoms with Gasteiger partial charge in [-0.25, -0.2) is 0 Å². The Labute approximate surface area is 28.6 Å². The molecule has 28 valence electrons. The van der Waals surface area contributed by atoms with Gasteiger partial charge in [0.1, 0.15) is 0 Å². The third-order valence-corrected chi connectivity index (χ3v) is 0. The predicted octanol–water partition coefficient (Wildman–Crippen LogP) is 0.238. The Morgan fingerprint density at radius 3 is 1.80 bits per heavy atom. The molecule has 4 nitrogen and oxygen atoms in total. The summed E-state index contributed by atoms with van der Waals surface area (Å²) in [5.74, 6) is 0. The van der Waals surface area contributed by atoms with Gasteiger partial charge >= 0.3 is 0 Å². The fourth-order valence-corrected chi connectivity index (χ4v) is 0. The Morgan fingerprint density at radius 2 is 1.80 bits per heavy atom. The molecule has 0 aliphatic carbocycles. The third-order valence-electron chi connectivity index (χ3n) is 0. The molecule has 4 heteroatoms. The van der Waals surface area contributed by atoms with Gasteiger partial charge in [0.15, 0.2) is 5.34 Å². The lowest BCUT2D eigenvalue weighted by Crippen LogP contribution is -1.25. The maximum Gasteiger partial charge on any atom is 0.152 e. The van der Waals surface area contributed by atoms with Crippen LogP contribution in [0.4, 0.5) is 0 Å². The van der Waals surface area contributed by atoms with Crippen molar-refractivity contribution in [3.05, 3.63) is 11.5 Å². The van der Waals surface area contributed by atoms with Gasteiger partial charge < -0.3 is 17.0 Å². The summed E-state index contributed by atoms with van der Waals surface area (Å²) >= 11 is 0. The fourth-order valence-electron chi connectivity index (χ4n) is 0. The number of hydrogen-bond acceptors (Lipinski definition) is 3. The number of hydrogen-bond donors (Lipinski definition) is 1. The van der Waals surface area contributed by atoms with Gasteiger partial charge in [-0.05, 0) is 0 Å². The molecule has 0 saturated carbocycles. The van der Waals surface area contributed by atoms with Crippen molar-refractivity contribution in [3.8, 4) is 0 Å². The highest BCUT2D eigenvalue weighted by Gasteiger charge is 1.18. The normalized spacial score (nSPS) is 2.80. The molecular weight excluding hydrogens is 72.0 g/mol. The molecule has 0 spiro atoms. The minimum absolute atomic E-state index is 1.25. The van der Waals surface area contributed by atoms with E-state index < -0.39 is 0 Å². The van der Waals surface area contributed by atoms with Crippen molar-refractivity contribution in [1.82, 2.24) is 0 Å². The van der Waals surface area contributed by atoms with Crippen LogP contribution in [0.1, 0.15) is 0 Å². The van der Waals surface area contributed by atoms with Crippen LogP contribution in [0.3, 0.4) is 0 Å². The highest BCUT2D eigenvalue weighted by molar-refractivity contribution is 3.83. The molecule has 0 unspecified atom stereocenters. The van der Waals surface area contributed by atoms with Crippen molar-refractivity contribution in [1.29, 1.82) is 5.26 Å². The first kappa shape index (κ1) is 9.10. The monoisotopic (exact) mass is 73.0 g/mol. The van der Waals surface area contributed by atoms with Crippen molar-refractivity contribution in [2.75, 3.05) is 0 Å². The van der Waals surface area contributed by atoms with Crippen LogP contribution in [0.2, 0.25) is 0 Å². The minimum Gasteiger partial charge on any atom is -0.512 e. The zero-order valence-electron chi connectivity index (χ0n) is 2.25. The standard InChI is InChI=1S/CN.HNO2/c1-2;2-1-3/h;(H,2,3)/q-1;. The van der Waals surface area contributed by atoms with Gasteiger partial charge in [0.2, 0.25) is 0 Å². The molecule has 0 aliphatic rings. The summed E-state index contributed by atoms with van der Waals surface area (Å²) in [5, 5.41) is 14.1. The highest BCUT2D eigenvalue weighted by Crippen LogP contribution is 1.25. The summed E-state index contributed by atoms with van der Waals surface area (Å²) in [6.07, 6.45) is 0. The quantitative estimate of drug-likeness (QED) is 0.253. The van der Waals surface area contributed by atoms with E-state index in [1.807, 2.05) is 0 Å². The summed E-state index contributed by atoms with van der Waals surface area (Å²) in [7, 11) is 0. The van der Waals surface area contributed by atoms with Gasteiger partial charge in [-0.1, -0.05) is 0 Å². The molecular formula is CHN2O2-. The summed E-state index contributed by atoms with van der Waals surface area (Å²) in [6, 6.07) is 0. The first-order valence-corrected chi connectivity index (χ1v) is 0.606. The summed E-state index contributed by atoms with van der Waals surface area (Å²) in [4.78, 5) is 8.11. The van der Waals surface area contributed by atoms with E-state index in [1.54, 1.807) is 0 Å². The van der Waals surface area contributed by atoms with E-state index in [0.717, 1.165) is 0 Å². The second kappa shape index (κ2) is 853. The van der Waals surface area contributed by atoms with Crippen molar-refractivity contribution < 1.29 is 5.21 Å². The second-order valence-electron chi connectivity index (χ2n) is 0.0816. The van der Waals surface area contributed by atoms with E-state index in [-0.39, 0.29) is 0 Å². The smallest absolute Gasteiger partial charge is 0.152 e. The summed E-state index contributed by atoms with van der Waals surface area (Å²) < 4.78 is 0. The topological polar surface area (TPSA) is 73.4 Å². The van der Waals surface area contributed by atoms with Crippen LogP contribution in [-0.4, -0.2) is 5.21 Å². The lowest BCUT2D eigenvalue weighted by molar-refractivity contribution is 0.312. The van der Waals surface area contributed by atoms with Crippen LogP contribution in [0, 0.1) is 16.7 Å². The Hall–Kier alpha value is -1.11. The fraction of sp³-hybridized carbons (Fsp3) is 0. The van der Waals surface area contributed by atoms with E-state index in [2.05, 4.69) is 0 Å². The van der Waals surface area contributed by atoms with Crippen LogP contribution < -0.4 is 0 Å². The Bertz CT molecular complexity index is 31.9. The van der Waals surface area contributed by atoms with Gasteiger partial charge in [-0.2, -0.15) is 0 Å². The van der Waals surface area contributed by atoms with Crippen LogP contribution in [0.15, 0.2) is 5.34 Å². The second-order valence-corrected chi connectivity index (χ2v) is 0.0816. The Kier molecular flexibility index (Phi) is 1550. The first-order chi connectivity index (χ1) is 2.41. The lowest BCUT2D eigenvalue weighted by atomic mass is 11.9. The van der Waals surface area contributed by atoms with Gasteiger partial charge in [0.25, 0.3) is 0 Å². The average Bonchev–Trinajstić information content (AvgIpc) is 1.46. The molecule has 0 aliphatic heterocycles. The maximum absolute atomic E-state index is 8.11. The molecule has 0 fully saturated rings. The van der Waals surface area contributed by atoms with E-state index in [0.29, 0.717) is 0 Å². The number of rotatable bonds is 0. The van der Waals surface area contributed by atoms with Crippen LogP contribution in [0.5, 0.6) is 0 Å². The van der Waals surface area contributed by atoms with Crippen LogP contribution >= 0.6 is 0 Å². The molecule has 0 atom stereocenters. The van der Waals surface area contributed by atoms with Gasteiger partial charge in [0.05, 0.1) is 0 Å². The molecule has 5 heavy (non-hydrogen) atoms. The predicted molar refractivity (Wildman–Crippen MR) is 12.5 cm³/mol. The molecule has 0 radical (unpaired) electrons. The summed E-state index contributed by atoms with van der Waals surface area (Å²) in [5.41, 5.74) is 0. The molecule has 0 saturated heterocycles. The van der Waals surface area contributed by atoms with E-state index in [9.17, 15) is 0 Å². The molecule has 0 amide bonds. The minimum atomic E-state index is 1.25. The van der Waals surface area contributed by atoms with Crippen molar-refractivity contribution in [2.24, 2.45) is 5.34 Å². The van der Waals surface area contributed by atoms with Crippen molar-refractivity contribution >= 4 is 0 Å². The van der Waals surface area contributed by atoms with Crippen LogP contribution in [-0.2, 0) is 0 Å². The van der Waals surface area contributed by atoms with E-state index in [4.69, 9.17) is 21.9 Å². The molecule has 0 heterocycles. The summed E-state index contributed by atoms with van der Waals surface area (Å²) in [6.45, 7) is 4.75. The van der Waals surface area contributed by atoms with Gasteiger partial charge in [-0.15, -0.1) is 4.91 Å². The maximum atomic E-state index is 8.11. The van der Waals surface area contributed by atoms with Gasteiger partial charge in [-0.3, -0.25) is 0 Å². The van der Waals surface area contributed by atoms with Crippen LogP contribution in [0.25, 0.3) is 0 Å². The molecule has 0 aromatic carbocycles. The van der Waals surface area contributed by atoms with E-state index >= 15 is 0 Å². The van der Waals surface area contributed by atoms with Crippen molar-refractivity contribution in [3.63, 3.8) is 0 Å².